The number of thiocarbonyl (C=S) groups is 1. The maximum atomic E-state index is 5.73. The van der Waals surface area contributed by atoms with Crippen LogP contribution in [0.15, 0.2) is 60.8 Å². The van der Waals surface area contributed by atoms with Gasteiger partial charge in [-0.3, -0.25) is 4.98 Å². The van der Waals surface area contributed by atoms with Crippen LogP contribution in [-0.2, 0) is 0 Å². The van der Waals surface area contributed by atoms with Crippen molar-refractivity contribution in [2.24, 2.45) is 0 Å². The summed E-state index contributed by atoms with van der Waals surface area (Å²) in [5.74, 6) is 0.802. The Morgan fingerprint density at radius 3 is 2.62 bits per heavy atom. The van der Waals surface area contributed by atoms with E-state index in [0.717, 1.165) is 17.1 Å². The van der Waals surface area contributed by atoms with Gasteiger partial charge in [0.05, 0.1) is 30.6 Å². The standard InChI is InChI=1S/C20H19N3OS2/c1-13-10-11-17(26-13)19-18(14-7-5-6-12-21-14)22-20(25)23(19)15-8-3-4-9-16(15)24-2/h3-12,18-19H,1-2H3,(H,22,25)/t18-,19+/m0/s1. The van der Waals surface area contributed by atoms with Crippen molar-refractivity contribution in [2.75, 3.05) is 12.0 Å². The molecule has 0 amide bonds. The van der Waals surface area contributed by atoms with Gasteiger partial charge in [0.15, 0.2) is 5.11 Å². The minimum absolute atomic E-state index is 0.0207. The highest BCUT2D eigenvalue weighted by atomic mass is 32.1. The predicted octanol–water partition coefficient (Wildman–Crippen LogP) is 4.64. The fraction of sp³-hybridized carbons (Fsp3) is 0.200. The minimum atomic E-state index is -0.0216. The van der Waals surface area contributed by atoms with Crippen molar-refractivity contribution in [1.29, 1.82) is 0 Å². The second-order valence-electron chi connectivity index (χ2n) is 6.12. The summed E-state index contributed by atoms with van der Waals surface area (Å²) in [6.45, 7) is 2.12. The molecule has 0 aliphatic carbocycles. The van der Waals surface area contributed by atoms with Crippen molar-refractivity contribution < 1.29 is 4.74 Å². The van der Waals surface area contributed by atoms with E-state index >= 15 is 0 Å². The van der Waals surface area contributed by atoms with Crippen molar-refractivity contribution in [3.8, 4) is 5.75 Å². The van der Waals surface area contributed by atoms with E-state index in [0.29, 0.717) is 5.11 Å². The summed E-state index contributed by atoms with van der Waals surface area (Å²) in [5, 5.41) is 4.16. The van der Waals surface area contributed by atoms with Crippen LogP contribution in [0.1, 0.15) is 27.5 Å². The maximum Gasteiger partial charge on any atom is 0.174 e. The van der Waals surface area contributed by atoms with E-state index in [9.17, 15) is 0 Å². The average Bonchev–Trinajstić information content (AvgIpc) is 3.25. The largest absolute Gasteiger partial charge is 0.495 e. The molecule has 0 radical (unpaired) electrons. The summed E-state index contributed by atoms with van der Waals surface area (Å²) in [7, 11) is 1.69. The van der Waals surface area contributed by atoms with Gasteiger partial charge in [-0.05, 0) is 55.5 Å². The quantitative estimate of drug-likeness (QED) is 0.667. The summed E-state index contributed by atoms with van der Waals surface area (Å²) in [4.78, 5) is 9.25. The fourth-order valence-electron chi connectivity index (χ4n) is 3.34. The highest BCUT2D eigenvalue weighted by molar-refractivity contribution is 7.80. The molecule has 0 saturated carbocycles. The molecule has 0 bridgehead atoms. The summed E-state index contributed by atoms with van der Waals surface area (Å²) in [6.07, 6.45) is 1.82. The van der Waals surface area contributed by atoms with Crippen LogP contribution >= 0.6 is 23.6 Å². The Bertz CT molecular complexity index is 926. The lowest BCUT2D eigenvalue weighted by Crippen LogP contribution is -2.29. The number of aryl methyl sites for hydroxylation is 1. The molecule has 1 saturated heterocycles. The average molecular weight is 382 g/mol. The third-order valence-electron chi connectivity index (χ3n) is 4.50. The van der Waals surface area contributed by atoms with Gasteiger partial charge in [0.2, 0.25) is 0 Å². The van der Waals surface area contributed by atoms with Crippen LogP contribution in [0, 0.1) is 6.92 Å². The van der Waals surface area contributed by atoms with E-state index < -0.39 is 0 Å². The first-order chi connectivity index (χ1) is 12.7. The zero-order valence-electron chi connectivity index (χ0n) is 14.5. The van der Waals surface area contributed by atoms with Gasteiger partial charge < -0.3 is 15.0 Å². The zero-order chi connectivity index (χ0) is 18.1. The maximum absolute atomic E-state index is 5.73. The molecule has 26 heavy (non-hydrogen) atoms. The number of methoxy groups -OCH3 is 1. The molecule has 4 rings (SSSR count). The smallest absolute Gasteiger partial charge is 0.174 e. The van der Waals surface area contributed by atoms with E-state index in [2.05, 4.69) is 34.3 Å². The molecule has 0 unspecified atom stereocenters. The Hall–Kier alpha value is -2.44. The topological polar surface area (TPSA) is 37.4 Å². The van der Waals surface area contributed by atoms with Crippen molar-refractivity contribution in [3.05, 3.63) is 76.2 Å². The Kier molecular flexibility index (Phi) is 4.61. The lowest BCUT2D eigenvalue weighted by Gasteiger charge is -2.28. The van der Waals surface area contributed by atoms with Gasteiger partial charge in [-0.25, -0.2) is 0 Å². The van der Waals surface area contributed by atoms with Crippen molar-refractivity contribution in [2.45, 2.75) is 19.0 Å². The Morgan fingerprint density at radius 1 is 1.12 bits per heavy atom. The second-order valence-corrected chi connectivity index (χ2v) is 7.82. The van der Waals surface area contributed by atoms with E-state index in [1.807, 2.05) is 48.7 Å². The number of aromatic nitrogens is 1. The summed E-state index contributed by atoms with van der Waals surface area (Å²) in [6, 6.07) is 18.3. The molecule has 1 N–H and O–H groups in total. The summed E-state index contributed by atoms with van der Waals surface area (Å²) < 4.78 is 5.60. The van der Waals surface area contributed by atoms with Crippen LogP contribution in [0.4, 0.5) is 5.69 Å². The lowest BCUT2D eigenvalue weighted by molar-refractivity contribution is 0.414. The van der Waals surface area contributed by atoms with Crippen LogP contribution < -0.4 is 15.0 Å². The molecule has 1 aliphatic heterocycles. The molecule has 4 nitrogen and oxygen atoms in total. The number of anilines is 1. The van der Waals surface area contributed by atoms with Crippen LogP contribution in [0.2, 0.25) is 0 Å². The van der Waals surface area contributed by atoms with Gasteiger partial charge in [-0.2, -0.15) is 0 Å². The first kappa shape index (κ1) is 17.0. The van der Waals surface area contributed by atoms with E-state index in [-0.39, 0.29) is 12.1 Å². The lowest BCUT2D eigenvalue weighted by atomic mass is 10.0. The summed E-state index contributed by atoms with van der Waals surface area (Å²) in [5.41, 5.74) is 1.94. The van der Waals surface area contributed by atoms with E-state index in [1.54, 1.807) is 18.4 Å². The van der Waals surface area contributed by atoms with Gasteiger partial charge in [0.1, 0.15) is 5.75 Å². The fourth-order valence-corrected chi connectivity index (χ4v) is 4.69. The number of benzene rings is 1. The van der Waals surface area contributed by atoms with Gasteiger partial charge >= 0.3 is 0 Å². The van der Waals surface area contributed by atoms with Crippen molar-refractivity contribution in [3.63, 3.8) is 0 Å². The van der Waals surface area contributed by atoms with E-state index in [4.69, 9.17) is 17.0 Å². The summed E-state index contributed by atoms with van der Waals surface area (Å²) >= 11 is 7.51. The van der Waals surface area contributed by atoms with Crippen LogP contribution in [0.25, 0.3) is 0 Å². The first-order valence-corrected chi connectivity index (χ1v) is 9.61. The van der Waals surface area contributed by atoms with Crippen molar-refractivity contribution >= 4 is 34.4 Å². The predicted molar refractivity (Wildman–Crippen MR) is 110 cm³/mol. The number of thiophene rings is 1. The van der Waals surface area contributed by atoms with E-state index in [1.165, 1.54) is 9.75 Å². The molecule has 0 spiro atoms. The molecule has 1 aliphatic rings. The van der Waals surface area contributed by atoms with Crippen molar-refractivity contribution in [1.82, 2.24) is 10.3 Å². The first-order valence-electron chi connectivity index (χ1n) is 8.39. The van der Waals surface area contributed by atoms with Crippen LogP contribution in [-0.4, -0.2) is 17.2 Å². The number of pyridine rings is 1. The number of hydrogen-bond acceptors (Lipinski definition) is 4. The Balaban J connectivity index is 1.85. The Labute approximate surface area is 162 Å². The third-order valence-corrected chi connectivity index (χ3v) is 5.88. The van der Waals surface area contributed by atoms with Gasteiger partial charge in [0.25, 0.3) is 0 Å². The number of nitrogens with one attached hydrogen (secondary N) is 1. The van der Waals surface area contributed by atoms with Gasteiger partial charge in [0, 0.05) is 16.0 Å². The van der Waals surface area contributed by atoms with Gasteiger partial charge in [-0.1, -0.05) is 18.2 Å². The number of ether oxygens (including phenoxy) is 1. The number of nitrogens with zero attached hydrogens (tertiary/aromatic N) is 2. The molecular weight excluding hydrogens is 362 g/mol. The zero-order valence-corrected chi connectivity index (χ0v) is 16.2. The molecular formula is C20H19N3OS2. The molecule has 3 aromatic rings. The molecule has 6 heteroatoms. The Morgan fingerprint density at radius 2 is 1.92 bits per heavy atom. The third kappa shape index (κ3) is 2.95. The second kappa shape index (κ2) is 7.05. The number of rotatable bonds is 4. The number of hydrogen-bond donors (Lipinski definition) is 1. The number of para-hydroxylation sites is 2. The highest BCUT2D eigenvalue weighted by Gasteiger charge is 2.42. The molecule has 132 valence electrons. The SMILES string of the molecule is COc1ccccc1N1C(=S)N[C@@H](c2ccccn2)[C@H]1c1ccc(C)s1. The minimum Gasteiger partial charge on any atom is -0.495 e. The van der Waals surface area contributed by atoms with Crippen LogP contribution in [0.5, 0.6) is 5.75 Å². The van der Waals surface area contributed by atoms with Crippen LogP contribution in [0.3, 0.4) is 0 Å². The highest BCUT2D eigenvalue weighted by Crippen LogP contribution is 2.45. The molecule has 1 aromatic carbocycles. The molecule has 1 fully saturated rings. The van der Waals surface area contributed by atoms with Gasteiger partial charge in [-0.15, -0.1) is 11.3 Å². The normalized spacial score (nSPS) is 19.5. The molecule has 2 atom stereocenters. The monoisotopic (exact) mass is 381 g/mol. The molecule has 3 heterocycles. The molecule has 2 aromatic heterocycles.